The summed E-state index contributed by atoms with van der Waals surface area (Å²) < 4.78 is 5.05. The number of halogens is 1. The summed E-state index contributed by atoms with van der Waals surface area (Å²) in [6.45, 7) is 5.02. The van der Waals surface area contributed by atoms with Crippen LogP contribution in [0.3, 0.4) is 0 Å². The van der Waals surface area contributed by atoms with E-state index in [0.717, 1.165) is 5.69 Å². The molecule has 0 unspecified atom stereocenters. The van der Waals surface area contributed by atoms with Crippen LogP contribution in [-0.4, -0.2) is 26.1 Å². The Morgan fingerprint density at radius 1 is 1.44 bits per heavy atom. The minimum Gasteiger partial charge on any atom is -0.495 e. The Kier molecular flexibility index (Phi) is 5.78. The molecular weight excluding hydrogens is 252 g/mol. The van der Waals surface area contributed by atoms with Gasteiger partial charge in [0.1, 0.15) is 5.75 Å². The van der Waals surface area contributed by atoms with Crippen LogP contribution in [0.5, 0.6) is 5.75 Å². The molecule has 0 fully saturated rings. The van der Waals surface area contributed by atoms with Gasteiger partial charge in [-0.1, -0.05) is 25.4 Å². The second-order valence-corrected chi connectivity index (χ2v) is 4.81. The fraction of sp³-hybridized carbons (Fsp3) is 0.462. The highest BCUT2D eigenvalue weighted by molar-refractivity contribution is 6.32. The SMILES string of the molecule is COc1ccc(NCC(=O)NCC(C)C)cc1Cl. The van der Waals surface area contributed by atoms with Crippen molar-refractivity contribution in [2.24, 2.45) is 5.92 Å². The van der Waals surface area contributed by atoms with Crippen molar-refractivity contribution in [3.05, 3.63) is 23.2 Å². The molecular formula is C13H19ClN2O2. The molecule has 0 aromatic heterocycles. The highest BCUT2D eigenvalue weighted by Gasteiger charge is 2.04. The highest BCUT2D eigenvalue weighted by atomic mass is 35.5. The lowest BCUT2D eigenvalue weighted by Gasteiger charge is -2.10. The maximum atomic E-state index is 11.5. The summed E-state index contributed by atoms with van der Waals surface area (Å²) in [6, 6.07) is 5.31. The monoisotopic (exact) mass is 270 g/mol. The summed E-state index contributed by atoms with van der Waals surface area (Å²) in [7, 11) is 1.56. The first kappa shape index (κ1) is 14.6. The van der Waals surface area contributed by atoms with Crippen LogP contribution in [0.15, 0.2) is 18.2 Å². The summed E-state index contributed by atoms with van der Waals surface area (Å²) in [6.07, 6.45) is 0. The van der Waals surface area contributed by atoms with Crippen molar-refractivity contribution in [1.29, 1.82) is 0 Å². The topological polar surface area (TPSA) is 50.4 Å². The van der Waals surface area contributed by atoms with Crippen LogP contribution < -0.4 is 15.4 Å². The standard InChI is InChI=1S/C13H19ClN2O2/c1-9(2)7-16-13(17)8-15-10-4-5-12(18-3)11(14)6-10/h4-6,9,15H,7-8H2,1-3H3,(H,16,17). The molecule has 0 aliphatic rings. The summed E-state index contributed by atoms with van der Waals surface area (Å²) >= 11 is 5.98. The molecule has 0 radical (unpaired) electrons. The van der Waals surface area contributed by atoms with Gasteiger partial charge in [0.25, 0.3) is 0 Å². The van der Waals surface area contributed by atoms with Gasteiger partial charge in [0.15, 0.2) is 0 Å². The molecule has 18 heavy (non-hydrogen) atoms. The number of carbonyl (C=O) groups is 1. The van der Waals surface area contributed by atoms with E-state index in [1.807, 2.05) is 6.07 Å². The number of rotatable bonds is 6. The first-order chi connectivity index (χ1) is 8.52. The summed E-state index contributed by atoms with van der Waals surface area (Å²) in [5.74, 6) is 1.03. The van der Waals surface area contributed by atoms with Gasteiger partial charge in [0, 0.05) is 12.2 Å². The van der Waals surface area contributed by atoms with Crippen molar-refractivity contribution in [1.82, 2.24) is 5.32 Å². The Hall–Kier alpha value is -1.42. The number of nitrogens with one attached hydrogen (secondary N) is 2. The molecule has 0 aliphatic carbocycles. The van der Waals surface area contributed by atoms with Crippen LogP contribution in [0.25, 0.3) is 0 Å². The Bertz CT molecular complexity index is 408. The molecule has 4 nitrogen and oxygen atoms in total. The fourth-order valence-electron chi connectivity index (χ4n) is 1.34. The van der Waals surface area contributed by atoms with E-state index in [1.165, 1.54) is 0 Å². The molecule has 2 N–H and O–H groups in total. The van der Waals surface area contributed by atoms with Crippen molar-refractivity contribution in [2.75, 3.05) is 25.5 Å². The van der Waals surface area contributed by atoms with Crippen molar-refractivity contribution < 1.29 is 9.53 Å². The Morgan fingerprint density at radius 2 is 2.17 bits per heavy atom. The van der Waals surface area contributed by atoms with Crippen LogP contribution >= 0.6 is 11.6 Å². The molecule has 1 aromatic carbocycles. The zero-order valence-corrected chi connectivity index (χ0v) is 11.7. The zero-order valence-electron chi connectivity index (χ0n) is 10.9. The largest absolute Gasteiger partial charge is 0.495 e. The third kappa shape index (κ3) is 4.84. The van der Waals surface area contributed by atoms with Gasteiger partial charge in [0.2, 0.25) is 5.91 Å². The number of anilines is 1. The maximum Gasteiger partial charge on any atom is 0.239 e. The first-order valence-corrected chi connectivity index (χ1v) is 6.25. The second kappa shape index (κ2) is 7.11. The summed E-state index contributed by atoms with van der Waals surface area (Å²) in [5, 5.41) is 6.36. The number of ether oxygens (including phenoxy) is 1. The Balaban J connectivity index is 2.43. The Labute approximate surface area is 113 Å². The third-order valence-corrected chi connectivity index (χ3v) is 2.61. The predicted octanol–water partition coefficient (Wildman–Crippen LogP) is 2.53. The van der Waals surface area contributed by atoms with Crippen molar-refractivity contribution in [3.63, 3.8) is 0 Å². The van der Waals surface area contributed by atoms with Crippen LogP contribution in [0.2, 0.25) is 5.02 Å². The molecule has 0 atom stereocenters. The smallest absolute Gasteiger partial charge is 0.239 e. The van der Waals surface area contributed by atoms with E-state index in [4.69, 9.17) is 16.3 Å². The van der Waals surface area contributed by atoms with Crippen LogP contribution in [-0.2, 0) is 4.79 Å². The number of amides is 1. The maximum absolute atomic E-state index is 11.5. The second-order valence-electron chi connectivity index (χ2n) is 4.40. The van der Waals surface area contributed by atoms with Crippen molar-refractivity contribution in [2.45, 2.75) is 13.8 Å². The predicted molar refractivity (Wildman–Crippen MR) is 74.3 cm³/mol. The lowest BCUT2D eigenvalue weighted by atomic mass is 10.2. The average molecular weight is 271 g/mol. The molecule has 0 spiro atoms. The molecule has 0 bridgehead atoms. The van der Waals surface area contributed by atoms with Gasteiger partial charge in [-0.25, -0.2) is 0 Å². The van der Waals surface area contributed by atoms with Crippen LogP contribution in [0.1, 0.15) is 13.8 Å². The molecule has 1 rings (SSSR count). The molecule has 1 amide bonds. The van der Waals surface area contributed by atoms with Crippen molar-refractivity contribution >= 4 is 23.2 Å². The number of benzene rings is 1. The van der Waals surface area contributed by atoms with E-state index >= 15 is 0 Å². The van der Waals surface area contributed by atoms with E-state index in [1.54, 1.807) is 19.2 Å². The Morgan fingerprint density at radius 3 is 2.72 bits per heavy atom. The third-order valence-electron chi connectivity index (χ3n) is 2.31. The lowest BCUT2D eigenvalue weighted by molar-refractivity contribution is -0.119. The molecule has 0 saturated heterocycles. The minimum absolute atomic E-state index is 0.0318. The molecule has 0 aliphatic heterocycles. The van der Waals surface area contributed by atoms with E-state index < -0.39 is 0 Å². The molecule has 0 saturated carbocycles. The molecule has 100 valence electrons. The number of methoxy groups -OCH3 is 1. The minimum atomic E-state index is -0.0318. The number of hydrogen-bond donors (Lipinski definition) is 2. The van der Waals surface area contributed by atoms with Crippen LogP contribution in [0, 0.1) is 5.92 Å². The normalized spacial score (nSPS) is 10.3. The van der Waals surface area contributed by atoms with E-state index in [0.29, 0.717) is 23.2 Å². The van der Waals surface area contributed by atoms with Crippen molar-refractivity contribution in [3.8, 4) is 5.75 Å². The quantitative estimate of drug-likeness (QED) is 0.835. The zero-order chi connectivity index (χ0) is 13.5. The lowest BCUT2D eigenvalue weighted by Crippen LogP contribution is -2.32. The summed E-state index contributed by atoms with van der Waals surface area (Å²) in [4.78, 5) is 11.5. The summed E-state index contributed by atoms with van der Waals surface area (Å²) in [5.41, 5.74) is 0.792. The van der Waals surface area contributed by atoms with E-state index in [2.05, 4.69) is 24.5 Å². The van der Waals surface area contributed by atoms with Gasteiger partial charge in [-0.2, -0.15) is 0 Å². The van der Waals surface area contributed by atoms with Gasteiger partial charge in [-0.05, 0) is 24.1 Å². The average Bonchev–Trinajstić information content (AvgIpc) is 2.34. The van der Waals surface area contributed by atoms with Crippen LogP contribution in [0.4, 0.5) is 5.69 Å². The number of carbonyl (C=O) groups excluding carboxylic acids is 1. The van der Waals surface area contributed by atoms with E-state index in [-0.39, 0.29) is 12.5 Å². The van der Waals surface area contributed by atoms with Gasteiger partial charge >= 0.3 is 0 Å². The van der Waals surface area contributed by atoms with Gasteiger partial charge in [0.05, 0.1) is 18.7 Å². The molecule has 0 heterocycles. The van der Waals surface area contributed by atoms with Gasteiger partial charge in [-0.15, -0.1) is 0 Å². The van der Waals surface area contributed by atoms with Gasteiger partial charge < -0.3 is 15.4 Å². The first-order valence-electron chi connectivity index (χ1n) is 5.87. The number of hydrogen-bond acceptors (Lipinski definition) is 3. The molecule has 5 heteroatoms. The van der Waals surface area contributed by atoms with Gasteiger partial charge in [-0.3, -0.25) is 4.79 Å². The molecule has 1 aromatic rings. The van der Waals surface area contributed by atoms with E-state index in [9.17, 15) is 4.79 Å². The fourth-order valence-corrected chi connectivity index (χ4v) is 1.60. The highest BCUT2D eigenvalue weighted by Crippen LogP contribution is 2.26.